The van der Waals surface area contributed by atoms with Gasteiger partial charge in [-0.3, -0.25) is 9.80 Å². The Bertz CT molecular complexity index is 682. The van der Waals surface area contributed by atoms with Crippen LogP contribution >= 0.6 is 11.6 Å². The van der Waals surface area contributed by atoms with E-state index in [1.54, 1.807) is 24.3 Å². The first-order valence-electron chi connectivity index (χ1n) is 9.59. The zero-order chi connectivity index (χ0) is 18.1. The highest BCUT2D eigenvalue weighted by atomic mass is 35.5. The van der Waals surface area contributed by atoms with Gasteiger partial charge in [0.15, 0.2) is 0 Å². The maximum Gasteiger partial charge on any atom is 0.251 e. The number of hydrogen-bond acceptors (Lipinski definition) is 5. The minimum atomic E-state index is -0.310. The molecular formula is C19H26ClN5O. The van der Waals surface area contributed by atoms with Gasteiger partial charge < -0.3 is 11.1 Å². The summed E-state index contributed by atoms with van der Waals surface area (Å²) >= 11 is 5.94. The van der Waals surface area contributed by atoms with E-state index in [4.69, 9.17) is 17.3 Å². The van der Waals surface area contributed by atoms with Crippen LogP contribution in [0, 0.1) is 5.92 Å². The molecule has 1 heterocycles. The Hall–Kier alpha value is -1.66. The van der Waals surface area contributed by atoms with E-state index in [1.165, 1.54) is 19.3 Å². The molecule has 4 rings (SSSR count). The molecule has 1 aliphatic heterocycles. The Morgan fingerprint density at radius 3 is 2.58 bits per heavy atom. The van der Waals surface area contributed by atoms with Gasteiger partial charge >= 0.3 is 0 Å². The molecule has 6 nitrogen and oxygen atoms in total. The SMILES string of the molecule is NC1(N2CC([C@@H](NC(=O)c3ccc(Cl)cc3)C3CCCCC3)N=N2)CC1. The molecule has 2 aliphatic carbocycles. The summed E-state index contributed by atoms with van der Waals surface area (Å²) in [6.07, 6.45) is 7.89. The minimum Gasteiger partial charge on any atom is -0.347 e. The summed E-state index contributed by atoms with van der Waals surface area (Å²) in [7, 11) is 0. The second kappa shape index (κ2) is 7.16. The first-order valence-corrected chi connectivity index (χ1v) is 9.97. The number of hydrogen-bond donors (Lipinski definition) is 2. The highest BCUT2D eigenvalue weighted by molar-refractivity contribution is 6.30. The van der Waals surface area contributed by atoms with Crippen LogP contribution in [0.4, 0.5) is 0 Å². The van der Waals surface area contributed by atoms with Gasteiger partial charge in [-0.25, -0.2) is 0 Å². The average molecular weight is 376 g/mol. The van der Waals surface area contributed by atoms with Gasteiger partial charge in [0.05, 0.1) is 12.6 Å². The number of nitrogens with two attached hydrogens (primary N) is 1. The van der Waals surface area contributed by atoms with Crippen molar-refractivity contribution in [1.29, 1.82) is 0 Å². The number of carbonyl (C=O) groups is 1. The van der Waals surface area contributed by atoms with Gasteiger partial charge in [0.2, 0.25) is 0 Å². The number of amides is 1. The molecule has 2 saturated carbocycles. The Kier molecular flexibility index (Phi) is 4.88. The van der Waals surface area contributed by atoms with E-state index >= 15 is 0 Å². The molecule has 7 heteroatoms. The third kappa shape index (κ3) is 3.71. The topological polar surface area (TPSA) is 83.1 Å². The molecular weight excluding hydrogens is 350 g/mol. The van der Waals surface area contributed by atoms with Gasteiger partial charge in [0.25, 0.3) is 5.91 Å². The number of carbonyl (C=O) groups excluding carboxylic acids is 1. The zero-order valence-corrected chi connectivity index (χ0v) is 15.7. The van der Waals surface area contributed by atoms with Gasteiger partial charge in [-0.05, 0) is 55.9 Å². The minimum absolute atomic E-state index is 0.00502. The monoisotopic (exact) mass is 375 g/mol. The van der Waals surface area contributed by atoms with E-state index in [1.807, 2.05) is 5.01 Å². The molecule has 1 aromatic rings. The van der Waals surface area contributed by atoms with Gasteiger partial charge in [-0.1, -0.05) is 36.1 Å². The molecule has 0 aromatic heterocycles. The van der Waals surface area contributed by atoms with Crippen LogP contribution in [0.25, 0.3) is 0 Å². The van der Waals surface area contributed by atoms with Crippen molar-refractivity contribution >= 4 is 17.5 Å². The Morgan fingerprint density at radius 2 is 1.92 bits per heavy atom. The summed E-state index contributed by atoms with van der Waals surface area (Å²) in [6.45, 7) is 0.693. The second-order valence-electron chi connectivity index (χ2n) is 7.86. The van der Waals surface area contributed by atoms with Crippen molar-refractivity contribution < 1.29 is 4.79 Å². The van der Waals surface area contributed by atoms with E-state index in [-0.39, 0.29) is 23.7 Å². The van der Waals surface area contributed by atoms with Crippen molar-refractivity contribution in [2.75, 3.05) is 6.54 Å². The molecule has 0 spiro atoms. The predicted octanol–water partition coefficient (Wildman–Crippen LogP) is 3.52. The number of nitrogens with one attached hydrogen (secondary N) is 1. The lowest BCUT2D eigenvalue weighted by Crippen LogP contribution is -2.51. The molecule has 3 aliphatic rings. The first kappa shape index (κ1) is 17.7. The van der Waals surface area contributed by atoms with Crippen LogP contribution in [0.5, 0.6) is 0 Å². The van der Waals surface area contributed by atoms with Crippen molar-refractivity contribution in [3.63, 3.8) is 0 Å². The highest BCUT2D eigenvalue weighted by Gasteiger charge is 2.48. The van der Waals surface area contributed by atoms with E-state index in [0.717, 1.165) is 25.7 Å². The van der Waals surface area contributed by atoms with Crippen LogP contribution in [0.1, 0.15) is 55.3 Å². The number of benzene rings is 1. The Labute approximate surface area is 159 Å². The molecule has 1 aromatic carbocycles. The lowest BCUT2D eigenvalue weighted by Gasteiger charge is -2.33. The Morgan fingerprint density at radius 1 is 1.23 bits per heavy atom. The summed E-state index contributed by atoms with van der Waals surface area (Å²) < 4.78 is 0. The summed E-state index contributed by atoms with van der Waals surface area (Å²) in [5, 5.41) is 14.6. The fraction of sp³-hybridized carbons (Fsp3) is 0.632. The van der Waals surface area contributed by atoms with Crippen LogP contribution in [0.2, 0.25) is 5.02 Å². The molecule has 2 fully saturated rings. The molecule has 3 N–H and O–H groups in total. The molecule has 0 saturated heterocycles. The molecule has 26 heavy (non-hydrogen) atoms. The van der Waals surface area contributed by atoms with Crippen LogP contribution in [0.3, 0.4) is 0 Å². The maximum absolute atomic E-state index is 12.8. The van der Waals surface area contributed by atoms with E-state index in [0.29, 0.717) is 23.0 Å². The Balaban J connectivity index is 1.48. The van der Waals surface area contributed by atoms with E-state index < -0.39 is 0 Å². The normalized spacial score (nSPS) is 25.9. The van der Waals surface area contributed by atoms with Crippen molar-refractivity contribution in [1.82, 2.24) is 10.3 Å². The summed E-state index contributed by atoms with van der Waals surface area (Å²) in [6, 6.07) is 6.97. The van der Waals surface area contributed by atoms with Crippen molar-refractivity contribution in [2.24, 2.45) is 22.0 Å². The average Bonchev–Trinajstić information content (AvgIpc) is 3.21. The van der Waals surface area contributed by atoms with Crippen LogP contribution in [-0.4, -0.2) is 35.2 Å². The van der Waals surface area contributed by atoms with Crippen molar-refractivity contribution in [3.8, 4) is 0 Å². The van der Waals surface area contributed by atoms with Crippen LogP contribution in [-0.2, 0) is 0 Å². The molecule has 2 atom stereocenters. The van der Waals surface area contributed by atoms with Gasteiger partial charge in [-0.15, -0.1) is 0 Å². The summed E-state index contributed by atoms with van der Waals surface area (Å²) in [4.78, 5) is 12.8. The molecule has 140 valence electrons. The van der Waals surface area contributed by atoms with Crippen LogP contribution in [0.15, 0.2) is 34.6 Å². The third-order valence-corrected chi connectivity index (χ3v) is 6.17. The lowest BCUT2D eigenvalue weighted by molar-refractivity contribution is 0.0896. The second-order valence-corrected chi connectivity index (χ2v) is 8.30. The fourth-order valence-electron chi connectivity index (χ4n) is 4.08. The van der Waals surface area contributed by atoms with E-state index in [9.17, 15) is 4.79 Å². The molecule has 1 amide bonds. The number of rotatable bonds is 5. The van der Waals surface area contributed by atoms with Gasteiger partial charge in [-0.2, -0.15) is 5.11 Å². The summed E-state index contributed by atoms with van der Waals surface area (Å²) in [5.74, 6) is 0.372. The highest BCUT2D eigenvalue weighted by Crippen LogP contribution is 2.39. The van der Waals surface area contributed by atoms with Crippen molar-refractivity contribution in [3.05, 3.63) is 34.9 Å². The van der Waals surface area contributed by atoms with Gasteiger partial charge in [0, 0.05) is 10.6 Å². The molecule has 1 unspecified atom stereocenters. The predicted molar refractivity (Wildman–Crippen MR) is 101 cm³/mol. The van der Waals surface area contributed by atoms with Crippen molar-refractivity contribution in [2.45, 2.75) is 62.7 Å². The van der Waals surface area contributed by atoms with Gasteiger partial charge in [0.1, 0.15) is 11.7 Å². The number of halogens is 1. The summed E-state index contributed by atoms with van der Waals surface area (Å²) in [5.41, 5.74) is 6.59. The molecule has 0 radical (unpaired) electrons. The largest absolute Gasteiger partial charge is 0.347 e. The third-order valence-electron chi connectivity index (χ3n) is 5.92. The zero-order valence-electron chi connectivity index (χ0n) is 14.9. The first-order chi connectivity index (χ1) is 12.5. The maximum atomic E-state index is 12.8. The number of nitrogens with zero attached hydrogens (tertiary/aromatic N) is 3. The smallest absolute Gasteiger partial charge is 0.251 e. The van der Waals surface area contributed by atoms with E-state index in [2.05, 4.69) is 15.7 Å². The molecule has 0 bridgehead atoms. The lowest BCUT2D eigenvalue weighted by atomic mass is 9.81. The standard InChI is InChI=1S/C19H26ClN5O/c20-15-8-6-14(7-9-15)18(26)22-17(13-4-2-1-3-5-13)16-12-25(24-23-16)19(21)10-11-19/h6-9,13,16-17H,1-5,10-12,21H2,(H,22,26)/t16?,17-/m0/s1. The quantitative estimate of drug-likeness (QED) is 0.825. The fourth-order valence-corrected chi connectivity index (χ4v) is 4.20. The van der Waals surface area contributed by atoms with Crippen LogP contribution < -0.4 is 11.1 Å².